The molecule has 5 nitrogen and oxygen atoms in total. The Bertz CT molecular complexity index is 464. The second-order valence-electron chi connectivity index (χ2n) is 5.58. The van der Waals surface area contributed by atoms with E-state index in [0.717, 1.165) is 44.6 Å². The zero-order valence-corrected chi connectivity index (χ0v) is 11.4. The average Bonchev–Trinajstić information content (AvgIpc) is 2.65. The van der Waals surface area contributed by atoms with Crippen LogP contribution in [0.3, 0.4) is 0 Å². The van der Waals surface area contributed by atoms with Crippen molar-refractivity contribution in [3.8, 4) is 0 Å². The molecule has 1 spiro atoms. The smallest absolute Gasteiger partial charge is 0.222 e. The van der Waals surface area contributed by atoms with Crippen molar-refractivity contribution >= 4 is 11.7 Å². The van der Waals surface area contributed by atoms with Gasteiger partial charge in [0.05, 0.1) is 6.20 Å². The number of carbonyl (C=O) groups excluding carboxylic acids is 1. The number of amides is 1. The number of carbonyl (C=O) groups is 1. The second-order valence-corrected chi connectivity index (χ2v) is 5.58. The zero-order valence-electron chi connectivity index (χ0n) is 11.4. The van der Waals surface area contributed by atoms with E-state index in [0.29, 0.717) is 12.3 Å². The van der Waals surface area contributed by atoms with Crippen LogP contribution in [0.5, 0.6) is 0 Å². The molecule has 102 valence electrons. The number of hydrogen-bond donors (Lipinski definition) is 0. The molecule has 0 unspecified atom stereocenters. The van der Waals surface area contributed by atoms with Crippen LogP contribution < -0.4 is 4.90 Å². The van der Waals surface area contributed by atoms with Gasteiger partial charge in [-0.3, -0.25) is 9.78 Å². The van der Waals surface area contributed by atoms with Crippen LogP contribution in [0.1, 0.15) is 32.1 Å². The van der Waals surface area contributed by atoms with E-state index in [1.807, 2.05) is 18.1 Å². The summed E-state index contributed by atoms with van der Waals surface area (Å²) < 4.78 is 0. The summed E-state index contributed by atoms with van der Waals surface area (Å²) in [5, 5.41) is 0. The molecule has 2 aliphatic heterocycles. The van der Waals surface area contributed by atoms with E-state index in [2.05, 4.69) is 14.9 Å². The highest BCUT2D eigenvalue weighted by molar-refractivity contribution is 5.79. The van der Waals surface area contributed by atoms with Crippen molar-refractivity contribution in [2.24, 2.45) is 0 Å². The zero-order chi connectivity index (χ0) is 13.3. The fourth-order valence-corrected chi connectivity index (χ4v) is 3.39. The van der Waals surface area contributed by atoms with Crippen LogP contribution in [0.25, 0.3) is 0 Å². The summed E-state index contributed by atoms with van der Waals surface area (Å²) in [6.45, 7) is 1.96. The number of anilines is 1. The van der Waals surface area contributed by atoms with E-state index in [9.17, 15) is 4.79 Å². The third-order valence-electron chi connectivity index (χ3n) is 4.68. The van der Waals surface area contributed by atoms with E-state index in [-0.39, 0.29) is 5.54 Å². The first kappa shape index (κ1) is 12.4. The summed E-state index contributed by atoms with van der Waals surface area (Å²) in [6.07, 6.45) is 10.2. The standard InChI is InChI=1S/C14H20N4O/c1-17-13(19)3-5-14(17)4-2-9-18(10-6-14)12-11-15-7-8-16-12/h7-8,11H,2-6,9-10H2,1H3/t14-/m1/s1. The highest BCUT2D eigenvalue weighted by Crippen LogP contribution is 2.38. The number of rotatable bonds is 1. The molecular formula is C14H20N4O. The van der Waals surface area contributed by atoms with Crippen LogP contribution in [0.15, 0.2) is 18.6 Å². The molecular weight excluding hydrogens is 240 g/mol. The molecule has 1 amide bonds. The third kappa shape index (κ3) is 2.17. The third-order valence-corrected chi connectivity index (χ3v) is 4.68. The van der Waals surface area contributed by atoms with Crippen molar-refractivity contribution < 1.29 is 4.79 Å². The van der Waals surface area contributed by atoms with Gasteiger partial charge in [0.15, 0.2) is 0 Å². The minimum atomic E-state index is 0.0913. The molecule has 0 saturated carbocycles. The Kier molecular flexibility index (Phi) is 3.12. The first-order chi connectivity index (χ1) is 9.21. The van der Waals surface area contributed by atoms with Crippen molar-refractivity contribution in [1.82, 2.24) is 14.9 Å². The normalized spacial score (nSPS) is 27.9. The highest BCUT2D eigenvalue weighted by atomic mass is 16.2. The SMILES string of the molecule is CN1C(=O)CC[C@@]12CCCN(c1cnccn1)CC2. The fourth-order valence-electron chi connectivity index (χ4n) is 3.39. The van der Waals surface area contributed by atoms with Crippen LogP contribution in [0, 0.1) is 0 Å². The van der Waals surface area contributed by atoms with E-state index in [1.165, 1.54) is 0 Å². The number of likely N-dealkylation sites (tertiary alicyclic amines) is 1. The first-order valence-electron chi connectivity index (χ1n) is 6.99. The van der Waals surface area contributed by atoms with E-state index in [1.54, 1.807) is 12.4 Å². The Hall–Kier alpha value is -1.65. The summed E-state index contributed by atoms with van der Waals surface area (Å²) in [5.41, 5.74) is 0.0913. The number of aromatic nitrogens is 2. The van der Waals surface area contributed by atoms with Crippen molar-refractivity contribution in [2.45, 2.75) is 37.6 Å². The Morgan fingerprint density at radius 2 is 2.11 bits per heavy atom. The van der Waals surface area contributed by atoms with Crippen LogP contribution in [-0.2, 0) is 4.79 Å². The lowest BCUT2D eigenvalue weighted by molar-refractivity contribution is -0.129. The van der Waals surface area contributed by atoms with Gasteiger partial charge in [0.2, 0.25) is 5.91 Å². The van der Waals surface area contributed by atoms with Gasteiger partial charge in [-0.15, -0.1) is 0 Å². The van der Waals surface area contributed by atoms with Crippen molar-refractivity contribution in [2.75, 3.05) is 25.0 Å². The molecule has 0 aromatic carbocycles. The van der Waals surface area contributed by atoms with Gasteiger partial charge in [-0.2, -0.15) is 0 Å². The minimum absolute atomic E-state index is 0.0913. The molecule has 5 heteroatoms. The van der Waals surface area contributed by atoms with Crippen molar-refractivity contribution in [3.05, 3.63) is 18.6 Å². The maximum Gasteiger partial charge on any atom is 0.222 e. The number of nitrogens with zero attached hydrogens (tertiary/aromatic N) is 4. The lowest BCUT2D eigenvalue weighted by Gasteiger charge is -2.35. The molecule has 1 aromatic heterocycles. The summed E-state index contributed by atoms with van der Waals surface area (Å²) in [6, 6.07) is 0. The van der Waals surface area contributed by atoms with Gasteiger partial charge < -0.3 is 9.80 Å². The van der Waals surface area contributed by atoms with Gasteiger partial charge in [0.1, 0.15) is 5.82 Å². The lowest BCUT2D eigenvalue weighted by atomic mass is 9.88. The van der Waals surface area contributed by atoms with Gasteiger partial charge in [0, 0.05) is 44.5 Å². The maximum absolute atomic E-state index is 11.8. The summed E-state index contributed by atoms with van der Waals surface area (Å²) >= 11 is 0. The Morgan fingerprint density at radius 1 is 1.21 bits per heavy atom. The lowest BCUT2D eigenvalue weighted by Crippen LogP contribution is -2.43. The molecule has 2 saturated heterocycles. The Balaban J connectivity index is 1.75. The molecule has 0 N–H and O–H groups in total. The van der Waals surface area contributed by atoms with E-state index in [4.69, 9.17) is 0 Å². The van der Waals surface area contributed by atoms with Crippen LogP contribution in [-0.4, -0.2) is 46.5 Å². The summed E-state index contributed by atoms with van der Waals surface area (Å²) in [7, 11) is 1.97. The van der Waals surface area contributed by atoms with Crippen molar-refractivity contribution in [3.63, 3.8) is 0 Å². The summed E-state index contributed by atoms with van der Waals surface area (Å²) in [4.78, 5) is 24.6. The van der Waals surface area contributed by atoms with E-state index < -0.39 is 0 Å². The van der Waals surface area contributed by atoms with Crippen molar-refractivity contribution in [1.29, 1.82) is 0 Å². The molecule has 0 aliphatic carbocycles. The molecule has 0 radical (unpaired) electrons. The topological polar surface area (TPSA) is 49.3 Å². The van der Waals surface area contributed by atoms with Gasteiger partial charge in [-0.1, -0.05) is 0 Å². The Morgan fingerprint density at radius 3 is 2.79 bits per heavy atom. The van der Waals surface area contributed by atoms with Gasteiger partial charge in [-0.25, -0.2) is 4.98 Å². The van der Waals surface area contributed by atoms with Gasteiger partial charge >= 0.3 is 0 Å². The minimum Gasteiger partial charge on any atom is -0.355 e. The predicted molar refractivity (Wildman–Crippen MR) is 72.8 cm³/mol. The predicted octanol–water partition coefficient (Wildman–Crippen LogP) is 1.46. The van der Waals surface area contributed by atoms with Crippen LogP contribution >= 0.6 is 0 Å². The largest absolute Gasteiger partial charge is 0.355 e. The van der Waals surface area contributed by atoms with E-state index >= 15 is 0 Å². The monoisotopic (exact) mass is 260 g/mol. The van der Waals surface area contributed by atoms with Gasteiger partial charge in [-0.05, 0) is 25.7 Å². The second kappa shape index (κ2) is 4.79. The maximum atomic E-state index is 11.8. The number of hydrogen-bond acceptors (Lipinski definition) is 4. The highest BCUT2D eigenvalue weighted by Gasteiger charge is 2.43. The molecule has 1 aromatic rings. The summed E-state index contributed by atoms with van der Waals surface area (Å²) in [5.74, 6) is 1.25. The molecule has 3 rings (SSSR count). The Labute approximate surface area is 113 Å². The molecule has 0 bridgehead atoms. The van der Waals surface area contributed by atoms with Gasteiger partial charge in [0.25, 0.3) is 0 Å². The average molecular weight is 260 g/mol. The van der Waals surface area contributed by atoms with Crippen LogP contribution in [0.2, 0.25) is 0 Å². The molecule has 2 aliphatic rings. The molecule has 1 atom stereocenters. The molecule has 2 fully saturated rings. The molecule has 19 heavy (non-hydrogen) atoms. The fraction of sp³-hybridized carbons (Fsp3) is 0.643. The van der Waals surface area contributed by atoms with Crippen LogP contribution in [0.4, 0.5) is 5.82 Å². The first-order valence-corrected chi connectivity index (χ1v) is 6.99. The quantitative estimate of drug-likeness (QED) is 0.767. The molecule has 3 heterocycles.